The van der Waals surface area contributed by atoms with Gasteiger partial charge in [0.25, 0.3) is 6.43 Å². The Kier molecular flexibility index (Phi) is 5.23. The van der Waals surface area contributed by atoms with Crippen LogP contribution in [0, 0.1) is 5.82 Å². The molecular formula is C20H15ClF3N5O2S2. The Morgan fingerprint density at radius 1 is 1.21 bits per heavy atom. The van der Waals surface area contributed by atoms with Gasteiger partial charge < -0.3 is 0 Å². The zero-order valence-corrected chi connectivity index (χ0v) is 19.3. The second-order valence-electron chi connectivity index (χ2n) is 7.95. The van der Waals surface area contributed by atoms with Gasteiger partial charge in [0.2, 0.25) is 10.0 Å². The number of hydrogen-bond acceptors (Lipinski definition) is 6. The third-order valence-corrected chi connectivity index (χ3v) is 8.11. The maximum absolute atomic E-state index is 13.5. The molecule has 4 aromatic rings. The van der Waals surface area contributed by atoms with Crippen LogP contribution in [0.1, 0.15) is 31.2 Å². The second kappa shape index (κ2) is 7.76. The average molecular weight is 514 g/mol. The highest BCUT2D eigenvalue weighted by Crippen LogP contribution is 2.39. The lowest BCUT2D eigenvalue weighted by Crippen LogP contribution is -2.34. The molecule has 1 fully saturated rings. The van der Waals surface area contributed by atoms with Crippen LogP contribution in [0.4, 0.5) is 13.2 Å². The van der Waals surface area contributed by atoms with Crippen molar-refractivity contribution in [2.45, 2.75) is 36.6 Å². The van der Waals surface area contributed by atoms with Gasteiger partial charge in [-0.15, -0.1) is 10.2 Å². The first-order valence-corrected chi connectivity index (χ1v) is 12.4. The summed E-state index contributed by atoms with van der Waals surface area (Å²) in [5, 5.41) is 7.03. The van der Waals surface area contributed by atoms with E-state index in [2.05, 4.69) is 19.9 Å². The maximum atomic E-state index is 13.5. The van der Waals surface area contributed by atoms with E-state index in [1.54, 1.807) is 6.92 Å². The van der Waals surface area contributed by atoms with E-state index in [4.69, 9.17) is 11.6 Å². The molecule has 3 aromatic heterocycles. The van der Waals surface area contributed by atoms with Gasteiger partial charge in [-0.25, -0.2) is 31.3 Å². The molecule has 0 unspecified atom stereocenters. The number of pyridine rings is 1. The minimum Gasteiger partial charge on any atom is -0.294 e. The highest BCUT2D eigenvalue weighted by atomic mass is 35.5. The fourth-order valence-electron chi connectivity index (χ4n) is 3.33. The summed E-state index contributed by atoms with van der Waals surface area (Å²) in [4.78, 5) is 4.38. The van der Waals surface area contributed by atoms with Gasteiger partial charge in [-0.3, -0.25) is 4.40 Å². The number of fused-ring (bicyclic) bond motifs is 1. The lowest BCUT2D eigenvalue weighted by molar-refractivity contribution is 0.150. The molecule has 1 aliphatic carbocycles. The Hall–Kier alpha value is -2.54. The number of halogens is 4. The average Bonchev–Trinajstić information content (AvgIpc) is 3.15. The molecule has 0 atom stereocenters. The molecular weight excluding hydrogens is 499 g/mol. The molecule has 0 amide bonds. The van der Waals surface area contributed by atoms with Gasteiger partial charge in [0.05, 0.1) is 10.7 Å². The van der Waals surface area contributed by atoms with Crippen molar-refractivity contribution >= 4 is 38.6 Å². The van der Waals surface area contributed by atoms with E-state index in [0.29, 0.717) is 29.7 Å². The lowest BCUT2D eigenvalue weighted by Gasteiger charge is -2.13. The molecule has 3 heterocycles. The van der Waals surface area contributed by atoms with Crippen LogP contribution in [0.2, 0.25) is 5.02 Å². The molecule has 13 heteroatoms. The van der Waals surface area contributed by atoms with Crippen molar-refractivity contribution in [3.63, 3.8) is 0 Å². The normalized spacial score (nSPS) is 15.5. The van der Waals surface area contributed by atoms with Gasteiger partial charge in [-0.2, -0.15) is 0 Å². The SMILES string of the molecule is CC1(NS(=O)(=O)c2cc(Cl)c3nc(-c4ccc(F)cc4)c(-c4nnc(C(F)F)s4)n3c2)CC1. The van der Waals surface area contributed by atoms with Crippen LogP contribution >= 0.6 is 22.9 Å². The second-order valence-corrected chi connectivity index (χ2v) is 11.0. The quantitative estimate of drug-likeness (QED) is 0.388. The molecule has 0 saturated heterocycles. The summed E-state index contributed by atoms with van der Waals surface area (Å²) in [5.41, 5.74) is 0.635. The molecule has 1 saturated carbocycles. The number of sulfonamides is 1. The molecule has 0 aliphatic heterocycles. The molecule has 0 spiro atoms. The summed E-state index contributed by atoms with van der Waals surface area (Å²) in [5.74, 6) is -0.467. The van der Waals surface area contributed by atoms with Gasteiger partial charge in [0, 0.05) is 17.3 Å². The smallest absolute Gasteiger partial charge is 0.291 e. The van der Waals surface area contributed by atoms with Crippen LogP contribution in [-0.4, -0.2) is 33.5 Å². The van der Waals surface area contributed by atoms with Crippen LogP contribution in [0.5, 0.6) is 0 Å². The standard InChI is InChI=1S/C20H15ClF3N5O2S2/c1-20(6-7-20)28-33(30,31)12-8-13(21)17-25-14(10-2-4-11(22)5-3-10)15(29(17)9-12)18-26-27-19(32-18)16(23)24/h2-5,8-9,16,28H,6-7H2,1H3. The van der Waals surface area contributed by atoms with E-state index in [0.717, 1.165) is 0 Å². The molecule has 1 aliphatic rings. The van der Waals surface area contributed by atoms with Gasteiger partial charge >= 0.3 is 0 Å². The van der Waals surface area contributed by atoms with Crippen molar-refractivity contribution in [3.8, 4) is 22.0 Å². The van der Waals surface area contributed by atoms with E-state index >= 15 is 0 Å². The Bertz CT molecular complexity index is 1480. The van der Waals surface area contributed by atoms with Crippen LogP contribution < -0.4 is 4.72 Å². The Morgan fingerprint density at radius 3 is 2.52 bits per heavy atom. The molecule has 7 nitrogen and oxygen atoms in total. The highest BCUT2D eigenvalue weighted by Gasteiger charge is 2.41. The third kappa shape index (κ3) is 4.12. The molecule has 5 rings (SSSR count). The minimum atomic E-state index is -3.92. The van der Waals surface area contributed by atoms with Crippen molar-refractivity contribution in [1.29, 1.82) is 0 Å². The first-order valence-electron chi connectivity index (χ1n) is 9.70. The fraction of sp³-hybridized carbons (Fsp3) is 0.250. The van der Waals surface area contributed by atoms with Crippen molar-refractivity contribution in [1.82, 2.24) is 24.3 Å². The van der Waals surface area contributed by atoms with Gasteiger partial charge in [0.1, 0.15) is 16.4 Å². The van der Waals surface area contributed by atoms with E-state index in [9.17, 15) is 21.6 Å². The van der Waals surface area contributed by atoms with Crippen molar-refractivity contribution in [2.24, 2.45) is 0 Å². The summed E-state index contributed by atoms with van der Waals surface area (Å²) in [6, 6.07) is 6.67. The number of nitrogens with one attached hydrogen (secondary N) is 1. The summed E-state index contributed by atoms with van der Waals surface area (Å²) < 4.78 is 69.8. The van der Waals surface area contributed by atoms with Gasteiger partial charge in [-0.05, 0) is 50.1 Å². The number of rotatable bonds is 6. The molecule has 0 bridgehead atoms. The van der Waals surface area contributed by atoms with E-state index < -0.39 is 32.8 Å². The first-order chi connectivity index (χ1) is 15.6. The van der Waals surface area contributed by atoms with E-state index in [-0.39, 0.29) is 32.0 Å². The summed E-state index contributed by atoms with van der Waals surface area (Å²) in [7, 11) is -3.92. The van der Waals surface area contributed by atoms with Crippen LogP contribution in [0.15, 0.2) is 41.4 Å². The lowest BCUT2D eigenvalue weighted by atomic mass is 10.1. The van der Waals surface area contributed by atoms with Crippen LogP contribution in [-0.2, 0) is 10.0 Å². The summed E-state index contributed by atoms with van der Waals surface area (Å²) >= 11 is 7.06. The third-order valence-electron chi connectivity index (χ3n) is 5.29. The number of hydrogen-bond donors (Lipinski definition) is 1. The number of benzene rings is 1. The zero-order chi connectivity index (χ0) is 23.5. The summed E-state index contributed by atoms with van der Waals surface area (Å²) in [6.07, 6.45) is -0.0792. The minimum absolute atomic E-state index is 0.0343. The largest absolute Gasteiger partial charge is 0.294 e. The highest BCUT2D eigenvalue weighted by molar-refractivity contribution is 7.89. The molecule has 1 aromatic carbocycles. The molecule has 172 valence electrons. The number of nitrogens with zero attached hydrogens (tertiary/aromatic N) is 4. The number of alkyl halides is 2. The predicted molar refractivity (Wildman–Crippen MR) is 117 cm³/mol. The Labute approximate surface area is 195 Å². The van der Waals surface area contributed by atoms with Crippen molar-refractivity contribution < 1.29 is 21.6 Å². The maximum Gasteiger partial charge on any atom is 0.291 e. The molecule has 33 heavy (non-hydrogen) atoms. The number of imidazole rings is 1. The number of aromatic nitrogens is 4. The zero-order valence-electron chi connectivity index (χ0n) is 16.9. The summed E-state index contributed by atoms with van der Waals surface area (Å²) in [6.45, 7) is 1.80. The van der Waals surface area contributed by atoms with E-state index in [1.165, 1.54) is 40.9 Å². The predicted octanol–water partition coefficient (Wildman–Crippen LogP) is 5.08. The Morgan fingerprint density at radius 2 is 1.91 bits per heavy atom. The van der Waals surface area contributed by atoms with Crippen molar-refractivity contribution in [2.75, 3.05) is 0 Å². The topological polar surface area (TPSA) is 89.2 Å². The van der Waals surface area contributed by atoms with Gasteiger partial charge in [0.15, 0.2) is 15.7 Å². The van der Waals surface area contributed by atoms with Gasteiger partial charge in [-0.1, -0.05) is 22.9 Å². The van der Waals surface area contributed by atoms with Crippen LogP contribution in [0.25, 0.3) is 27.6 Å². The van der Waals surface area contributed by atoms with Crippen LogP contribution in [0.3, 0.4) is 0 Å². The Balaban J connectivity index is 1.76. The monoisotopic (exact) mass is 513 g/mol. The van der Waals surface area contributed by atoms with Crippen molar-refractivity contribution in [3.05, 3.63) is 52.4 Å². The molecule has 1 N–H and O–H groups in total. The molecule has 0 radical (unpaired) electrons. The first kappa shape index (κ1) is 22.3. The fourth-order valence-corrected chi connectivity index (χ4v) is 5.88. The van der Waals surface area contributed by atoms with E-state index in [1.807, 2.05) is 0 Å².